The monoisotopic (exact) mass is 320 g/mol. The van der Waals surface area contributed by atoms with Crippen LogP contribution in [0.2, 0.25) is 0 Å². The summed E-state index contributed by atoms with van der Waals surface area (Å²) < 4.78 is 6.92. The average molecular weight is 321 g/mol. The molecule has 4 heteroatoms. The first kappa shape index (κ1) is 13.9. The second-order valence-electron chi connectivity index (χ2n) is 4.71. The topological polar surface area (TPSA) is 48.1 Å². The van der Waals surface area contributed by atoms with Crippen molar-refractivity contribution in [2.24, 2.45) is 0 Å². The van der Waals surface area contributed by atoms with E-state index in [4.69, 9.17) is 10.5 Å². The molecule has 2 N–H and O–H groups in total. The molecule has 0 saturated heterocycles. The van der Waals surface area contributed by atoms with E-state index >= 15 is 0 Å². The number of benzene rings is 1. The van der Waals surface area contributed by atoms with Crippen molar-refractivity contribution < 1.29 is 4.74 Å². The van der Waals surface area contributed by atoms with Gasteiger partial charge in [0.25, 0.3) is 0 Å². The van der Waals surface area contributed by atoms with E-state index < -0.39 is 0 Å². The molecule has 0 saturated carbocycles. The number of nitrogen functional groups attached to an aromatic ring is 1. The molecule has 0 aliphatic heterocycles. The molecule has 2 aromatic rings. The molecule has 0 atom stereocenters. The van der Waals surface area contributed by atoms with Crippen molar-refractivity contribution >= 4 is 21.6 Å². The summed E-state index contributed by atoms with van der Waals surface area (Å²) in [6.07, 6.45) is 1.69. The number of hydrogen-bond acceptors (Lipinski definition) is 3. The molecule has 1 aromatic carbocycles. The summed E-state index contributed by atoms with van der Waals surface area (Å²) in [4.78, 5) is 4.23. The number of pyridine rings is 1. The summed E-state index contributed by atoms with van der Waals surface area (Å²) in [5.41, 5.74) is 8.44. The predicted octanol–water partition coefficient (Wildman–Crippen LogP) is 4.13. The van der Waals surface area contributed by atoms with E-state index in [1.807, 2.05) is 18.2 Å². The fourth-order valence-electron chi connectivity index (χ4n) is 1.83. The molecule has 19 heavy (non-hydrogen) atoms. The van der Waals surface area contributed by atoms with Gasteiger partial charge < -0.3 is 10.5 Å². The fourth-order valence-corrected chi connectivity index (χ4v) is 2.21. The van der Waals surface area contributed by atoms with Crippen LogP contribution in [-0.2, 0) is 6.61 Å². The van der Waals surface area contributed by atoms with Crippen molar-refractivity contribution in [1.82, 2.24) is 4.98 Å². The van der Waals surface area contributed by atoms with Gasteiger partial charge in [0.1, 0.15) is 12.4 Å². The first-order valence-corrected chi connectivity index (χ1v) is 6.98. The zero-order chi connectivity index (χ0) is 13.8. The van der Waals surface area contributed by atoms with E-state index in [2.05, 4.69) is 40.8 Å². The van der Waals surface area contributed by atoms with E-state index in [0.717, 1.165) is 15.9 Å². The maximum atomic E-state index is 5.86. The molecule has 0 aliphatic carbocycles. The van der Waals surface area contributed by atoms with E-state index in [1.165, 1.54) is 5.56 Å². The van der Waals surface area contributed by atoms with Crippen LogP contribution in [0.15, 0.2) is 41.0 Å². The number of rotatable bonds is 4. The molecule has 0 unspecified atom stereocenters. The Morgan fingerprint density at radius 3 is 2.74 bits per heavy atom. The van der Waals surface area contributed by atoms with Crippen molar-refractivity contribution in [3.8, 4) is 5.75 Å². The maximum Gasteiger partial charge on any atom is 0.130 e. The van der Waals surface area contributed by atoms with Crippen molar-refractivity contribution in [3.63, 3.8) is 0 Å². The number of halogens is 1. The fraction of sp³-hybridized carbons (Fsp3) is 0.267. The van der Waals surface area contributed by atoms with Crippen LogP contribution in [0.25, 0.3) is 0 Å². The Kier molecular flexibility index (Phi) is 4.43. The van der Waals surface area contributed by atoms with Gasteiger partial charge in [-0.2, -0.15) is 0 Å². The van der Waals surface area contributed by atoms with Gasteiger partial charge in [-0.15, -0.1) is 0 Å². The normalized spacial score (nSPS) is 10.7. The molecule has 0 aliphatic rings. The molecule has 0 amide bonds. The van der Waals surface area contributed by atoms with E-state index in [9.17, 15) is 0 Å². The maximum absolute atomic E-state index is 5.86. The minimum atomic E-state index is 0.404. The van der Waals surface area contributed by atoms with Crippen LogP contribution >= 0.6 is 15.9 Å². The molecule has 3 nitrogen and oxygen atoms in total. The lowest BCUT2D eigenvalue weighted by atomic mass is 10.0. The van der Waals surface area contributed by atoms with Gasteiger partial charge in [0.05, 0.1) is 5.69 Å². The summed E-state index contributed by atoms with van der Waals surface area (Å²) in [5, 5.41) is 0. The number of anilines is 1. The van der Waals surface area contributed by atoms with Crippen molar-refractivity contribution in [2.45, 2.75) is 26.4 Å². The van der Waals surface area contributed by atoms with Gasteiger partial charge in [-0.1, -0.05) is 29.8 Å². The summed E-state index contributed by atoms with van der Waals surface area (Å²) >= 11 is 3.49. The highest BCUT2D eigenvalue weighted by atomic mass is 79.9. The Hall–Kier alpha value is -1.55. The number of hydrogen-bond donors (Lipinski definition) is 1. The molecule has 1 heterocycles. The summed E-state index contributed by atoms with van der Waals surface area (Å²) in [6, 6.07) is 9.64. The van der Waals surface area contributed by atoms with Crippen LogP contribution in [0.5, 0.6) is 5.75 Å². The van der Waals surface area contributed by atoms with Crippen LogP contribution < -0.4 is 10.5 Å². The van der Waals surface area contributed by atoms with Gasteiger partial charge in [-0.05, 0) is 41.8 Å². The molecule has 0 bridgehead atoms. The van der Waals surface area contributed by atoms with E-state index in [-0.39, 0.29) is 0 Å². The smallest absolute Gasteiger partial charge is 0.130 e. The van der Waals surface area contributed by atoms with Crippen LogP contribution in [0.1, 0.15) is 31.0 Å². The molecular formula is C15H17BrN2O. The van der Waals surface area contributed by atoms with Crippen LogP contribution in [0.3, 0.4) is 0 Å². The Morgan fingerprint density at radius 1 is 1.26 bits per heavy atom. The van der Waals surface area contributed by atoms with Crippen LogP contribution in [0.4, 0.5) is 5.69 Å². The lowest BCUT2D eigenvalue weighted by Gasteiger charge is -2.14. The predicted molar refractivity (Wildman–Crippen MR) is 81.2 cm³/mol. The molecule has 2 rings (SSSR count). The molecule has 0 spiro atoms. The van der Waals surface area contributed by atoms with Crippen LogP contribution in [-0.4, -0.2) is 4.98 Å². The van der Waals surface area contributed by atoms with Crippen LogP contribution in [0, 0.1) is 0 Å². The summed E-state index contributed by atoms with van der Waals surface area (Å²) in [5.74, 6) is 1.30. The standard InChI is InChI=1S/C15H17BrN2O/c1-10(2)14-7-11(16)3-4-15(14)19-9-13-8-12(17)5-6-18-13/h3-8,10H,9H2,1-2H3,(H2,17,18). The molecular weight excluding hydrogens is 304 g/mol. The third-order valence-electron chi connectivity index (χ3n) is 2.81. The zero-order valence-corrected chi connectivity index (χ0v) is 12.6. The number of ether oxygens (including phenoxy) is 1. The number of nitrogens with two attached hydrogens (primary N) is 1. The Labute approximate surface area is 121 Å². The summed E-state index contributed by atoms with van der Waals surface area (Å²) in [6.45, 7) is 4.72. The molecule has 0 fully saturated rings. The molecule has 100 valence electrons. The van der Waals surface area contributed by atoms with E-state index in [1.54, 1.807) is 12.3 Å². The second-order valence-corrected chi connectivity index (χ2v) is 5.62. The SMILES string of the molecule is CC(C)c1cc(Br)ccc1OCc1cc(N)ccn1. The highest BCUT2D eigenvalue weighted by Gasteiger charge is 2.09. The van der Waals surface area contributed by atoms with Gasteiger partial charge >= 0.3 is 0 Å². The molecule has 1 aromatic heterocycles. The first-order valence-electron chi connectivity index (χ1n) is 6.19. The van der Waals surface area contributed by atoms with Gasteiger partial charge in [0.15, 0.2) is 0 Å². The highest BCUT2D eigenvalue weighted by Crippen LogP contribution is 2.30. The third-order valence-corrected chi connectivity index (χ3v) is 3.30. The van der Waals surface area contributed by atoms with Gasteiger partial charge in [-0.25, -0.2) is 0 Å². The Bertz CT molecular complexity index is 570. The van der Waals surface area contributed by atoms with Gasteiger partial charge in [0, 0.05) is 16.4 Å². The van der Waals surface area contributed by atoms with E-state index in [0.29, 0.717) is 18.2 Å². The number of nitrogens with zero attached hydrogens (tertiary/aromatic N) is 1. The summed E-state index contributed by atoms with van der Waals surface area (Å²) in [7, 11) is 0. The highest BCUT2D eigenvalue weighted by molar-refractivity contribution is 9.10. The largest absolute Gasteiger partial charge is 0.487 e. The molecule has 0 radical (unpaired) electrons. The van der Waals surface area contributed by atoms with Gasteiger partial charge in [0.2, 0.25) is 0 Å². The van der Waals surface area contributed by atoms with Crippen molar-refractivity contribution in [2.75, 3.05) is 5.73 Å². The number of aromatic nitrogens is 1. The minimum Gasteiger partial charge on any atom is -0.487 e. The lowest BCUT2D eigenvalue weighted by molar-refractivity contribution is 0.297. The average Bonchev–Trinajstić information content (AvgIpc) is 2.37. The quantitative estimate of drug-likeness (QED) is 0.921. The third kappa shape index (κ3) is 3.70. The lowest BCUT2D eigenvalue weighted by Crippen LogP contribution is -2.02. The van der Waals surface area contributed by atoms with Crippen molar-refractivity contribution in [1.29, 1.82) is 0 Å². The first-order chi connectivity index (χ1) is 9.06. The van der Waals surface area contributed by atoms with Crippen molar-refractivity contribution in [3.05, 3.63) is 52.3 Å². The minimum absolute atomic E-state index is 0.404. The van der Waals surface area contributed by atoms with Gasteiger partial charge in [-0.3, -0.25) is 4.98 Å². The Balaban J connectivity index is 2.15. The second kappa shape index (κ2) is 6.06. The Morgan fingerprint density at radius 2 is 2.05 bits per heavy atom. The zero-order valence-electron chi connectivity index (χ0n) is 11.1.